The predicted molar refractivity (Wildman–Crippen MR) is 78.0 cm³/mol. The molecule has 1 amide bonds. The van der Waals surface area contributed by atoms with Crippen molar-refractivity contribution in [3.63, 3.8) is 0 Å². The number of likely N-dealkylation sites (tertiary alicyclic amines) is 1. The molecular formula is C13H26N2O4S. The number of carbonyl (C=O) groups is 1. The van der Waals surface area contributed by atoms with Crippen LogP contribution in [0.5, 0.6) is 0 Å². The van der Waals surface area contributed by atoms with E-state index in [-0.39, 0.29) is 12.1 Å². The number of hydrogen-bond donors (Lipinski definition) is 1. The Morgan fingerprint density at radius 1 is 1.35 bits per heavy atom. The van der Waals surface area contributed by atoms with Crippen molar-refractivity contribution in [2.75, 3.05) is 19.7 Å². The molecule has 1 heterocycles. The number of nitrogens with zero attached hydrogens (tertiary/aromatic N) is 1. The van der Waals surface area contributed by atoms with Gasteiger partial charge in [-0.25, -0.2) is 17.9 Å². The van der Waals surface area contributed by atoms with Crippen molar-refractivity contribution in [3.8, 4) is 0 Å². The molecule has 0 atom stereocenters. The second-order valence-corrected chi connectivity index (χ2v) is 7.46. The van der Waals surface area contributed by atoms with E-state index in [1.165, 1.54) is 0 Å². The zero-order chi connectivity index (χ0) is 15.2. The summed E-state index contributed by atoms with van der Waals surface area (Å²) in [5.41, 5.74) is 0. The Morgan fingerprint density at radius 2 is 1.95 bits per heavy atom. The largest absolute Gasteiger partial charge is 0.449 e. The standard InChI is InChI=1S/C13H26N2O4S/c1-4-5-10-19-13(16)15-8-6-12(7-9-15)20(17,18)14-11(2)3/h11-12,14H,4-10H2,1-3H3. The third-order valence-corrected chi connectivity index (χ3v) is 5.41. The molecule has 6 nitrogen and oxygen atoms in total. The van der Waals surface area contributed by atoms with Crippen molar-refractivity contribution in [1.29, 1.82) is 0 Å². The normalized spacial score (nSPS) is 17.5. The number of unbranched alkanes of at least 4 members (excludes halogenated alkanes) is 1. The quantitative estimate of drug-likeness (QED) is 0.758. The highest BCUT2D eigenvalue weighted by Crippen LogP contribution is 2.18. The summed E-state index contributed by atoms with van der Waals surface area (Å²) >= 11 is 0. The maximum Gasteiger partial charge on any atom is 0.409 e. The van der Waals surface area contributed by atoms with Crippen molar-refractivity contribution >= 4 is 16.1 Å². The maximum atomic E-state index is 12.0. The van der Waals surface area contributed by atoms with Gasteiger partial charge in [-0.2, -0.15) is 0 Å². The number of carbonyl (C=O) groups excluding carboxylic acids is 1. The first-order chi connectivity index (χ1) is 9.36. The molecule has 0 aromatic heterocycles. The average molecular weight is 306 g/mol. The first-order valence-electron chi connectivity index (χ1n) is 7.29. The van der Waals surface area contributed by atoms with Crippen LogP contribution < -0.4 is 4.72 Å². The monoisotopic (exact) mass is 306 g/mol. The lowest BCUT2D eigenvalue weighted by molar-refractivity contribution is 0.0943. The average Bonchev–Trinajstić information content (AvgIpc) is 2.37. The molecule has 7 heteroatoms. The molecule has 1 aliphatic heterocycles. The Bertz CT molecular complexity index is 401. The van der Waals surface area contributed by atoms with Gasteiger partial charge < -0.3 is 9.64 Å². The van der Waals surface area contributed by atoms with Crippen molar-refractivity contribution in [3.05, 3.63) is 0 Å². The highest BCUT2D eigenvalue weighted by Gasteiger charge is 2.32. The molecule has 1 saturated heterocycles. The second kappa shape index (κ2) is 7.83. The van der Waals surface area contributed by atoms with Crippen LogP contribution in [0.1, 0.15) is 46.5 Å². The second-order valence-electron chi connectivity index (χ2n) is 5.47. The molecule has 20 heavy (non-hydrogen) atoms. The highest BCUT2D eigenvalue weighted by molar-refractivity contribution is 7.90. The third kappa shape index (κ3) is 5.28. The Kier molecular flexibility index (Phi) is 6.75. The maximum absolute atomic E-state index is 12.0. The number of piperidine rings is 1. The Morgan fingerprint density at radius 3 is 2.45 bits per heavy atom. The van der Waals surface area contributed by atoms with Gasteiger partial charge >= 0.3 is 6.09 Å². The smallest absolute Gasteiger partial charge is 0.409 e. The lowest BCUT2D eigenvalue weighted by Crippen LogP contribution is -2.46. The van der Waals surface area contributed by atoms with Gasteiger partial charge in [-0.05, 0) is 33.1 Å². The SMILES string of the molecule is CCCCOC(=O)N1CCC(S(=O)(=O)NC(C)C)CC1. The highest BCUT2D eigenvalue weighted by atomic mass is 32.2. The fourth-order valence-electron chi connectivity index (χ4n) is 2.17. The van der Waals surface area contributed by atoms with Gasteiger partial charge in [0.1, 0.15) is 0 Å². The van der Waals surface area contributed by atoms with E-state index in [1.807, 2.05) is 6.92 Å². The molecule has 0 aliphatic carbocycles. The lowest BCUT2D eigenvalue weighted by Gasteiger charge is -2.31. The van der Waals surface area contributed by atoms with Crippen LogP contribution in [0.3, 0.4) is 0 Å². The number of ether oxygens (including phenoxy) is 1. The topological polar surface area (TPSA) is 75.7 Å². The van der Waals surface area contributed by atoms with E-state index in [2.05, 4.69) is 4.72 Å². The predicted octanol–water partition coefficient (Wildman–Crippen LogP) is 1.72. The number of amides is 1. The molecule has 0 aromatic carbocycles. The van der Waals surface area contributed by atoms with Gasteiger partial charge in [0.2, 0.25) is 10.0 Å². The summed E-state index contributed by atoms with van der Waals surface area (Å²) in [6.07, 6.45) is 2.44. The summed E-state index contributed by atoms with van der Waals surface area (Å²) in [7, 11) is -3.28. The summed E-state index contributed by atoms with van der Waals surface area (Å²) in [5, 5.41) is -0.412. The van der Waals surface area contributed by atoms with E-state index in [9.17, 15) is 13.2 Å². The summed E-state index contributed by atoms with van der Waals surface area (Å²) in [6.45, 7) is 6.95. The number of hydrogen-bond acceptors (Lipinski definition) is 4. The number of rotatable bonds is 6. The van der Waals surface area contributed by atoms with Crippen molar-refractivity contribution < 1.29 is 17.9 Å². The molecule has 0 bridgehead atoms. The molecule has 0 unspecified atom stereocenters. The van der Waals surface area contributed by atoms with Crippen LogP contribution in [0.4, 0.5) is 4.79 Å². The molecule has 0 radical (unpaired) electrons. The van der Waals surface area contributed by atoms with Gasteiger partial charge in [-0.1, -0.05) is 13.3 Å². The molecule has 1 aliphatic rings. The summed E-state index contributed by atoms with van der Waals surface area (Å²) < 4.78 is 31.8. The minimum atomic E-state index is -3.28. The fraction of sp³-hybridized carbons (Fsp3) is 0.923. The molecule has 1 rings (SSSR count). The van der Waals surface area contributed by atoms with Gasteiger partial charge in [0.05, 0.1) is 11.9 Å². The first-order valence-corrected chi connectivity index (χ1v) is 8.84. The van der Waals surface area contributed by atoms with Gasteiger partial charge in [-0.3, -0.25) is 0 Å². The molecule has 1 N–H and O–H groups in total. The van der Waals surface area contributed by atoms with Crippen molar-refractivity contribution in [2.45, 2.75) is 57.7 Å². The number of nitrogens with one attached hydrogen (secondary N) is 1. The third-order valence-electron chi connectivity index (χ3n) is 3.26. The fourth-order valence-corrected chi connectivity index (χ4v) is 3.85. The van der Waals surface area contributed by atoms with Crippen molar-refractivity contribution in [2.24, 2.45) is 0 Å². The van der Waals surface area contributed by atoms with E-state index >= 15 is 0 Å². The van der Waals surface area contributed by atoms with Crippen LogP contribution >= 0.6 is 0 Å². The van der Waals surface area contributed by atoms with Crippen LogP contribution in [0.2, 0.25) is 0 Å². The van der Waals surface area contributed by atoms with Crippen LogP contribution in [-0.2, 0) is 14.8 Å². The Balaban J connectivity index is 2.41. The summed E-state index contributed by atoms with van der Waals surface area (Å²) in [5.74, 6) is 0. The minimum absolute atomic E-state index is 0.1000. The minimum Gasteiger partial charge on any atom is -0.449 e. The van der Waals surface area contributed by atoms with Crippen LogP contribution in [-0.4, -0.2) is 50.4 Å². The zero-order valence-electron chi connectivity index (χ0n) is 12.6. The van der Waals surface area contributed by atoms with E-state index in [0.29, 0.717) is 32.5 Å². The van der Waals surface area contributed by atoms with Gasteiger partial charge in [0.15, 0.2) is 0 Å². The number of sulfonamides is 1. The van der Waals surface area contributed by atoms with Crippen molar-refractivity contribution in [1.82, 2.24) is 9.62 Å². The van der Waals surface area contributed by atoms with Crippen LogP contribution in [0.25, 0.3) is 0 Å². The molecule has 118 valence electrons. The van der Waals surface area contributed by atoms with Gasteiger partial charge in [0, 0.05) is 19.1 Å². The van der Waals surface area contributed by atoms with E-state index in [4.69, 9.17) is 4.74 Å². The van der Waals surface area contributed by atoms with Crippen LogP contribution in [0.15, 0.2) is 0 Å². The van der Waals surface area contributed by atoms with E-state index in [1.54, 1.807) is 18.7 Å². The zero-order valence-corrected chi connectivity index (χ0v) is 13.4. The van der Waals surface area contributed by atoms with Gasteiger partial charge in [-0.15, -0.1) is 0 Å². The Hall–Kier alpha value is -0.820. The van der Waals surface area contributed by atoms with Crippen LogP contribution in [0, 0.1) is 0 Å². The molecular weight excluding hydrogens is 280 g/mol. The van der Waals surface area contributed by atoms with E-state index in [0.717, 1.165) is 12.8 Å². The van der Waals surface area contributed by atoms with Gasteiger partial charge in [0.25, 0.3) is 0 Å². The Labute approximate surface area is 121 Å². The molecule has 0 saturated carbocycles. The summed E-state index contributed by atoms with van der Waals surface area (Å²) in [6, 6.07) is -0.1000. The molecule has 1 fully saturated rings. The lowest BCUT2D eigenvalue weighted by atomic mass is 10.1. The summed E-state index contributed by atoms with van der Waals surface area (Å²) in [4.78, 5) is 13.3. The molecule has 0 aromatic rings. The first kappa shape index (κ1) is 17.2. The molecule has 0 spiro atoms. The van der Waals surface area contributed by atoms with E-state index < -0.39 is 15.3 Å².